The summed E-state index contributed by atoms with van der Waals surface area (Å²) >= 11 is 0. The minimum Gasteiger partial charge on any atom is -0.493 e. The summed E-state index contributed by atoms with van der Waals surface area (Å²) in [7, 11) is 1.64. The molecule has 0 aromatic heterocycles. The maximum atomic E-state index is 9.70. The number of guanidine groups is 1. The first-order chi connectivity index (χ1) is 11.2. The van der Waals surface area contributed by atoms with Crippen LogP contribution in [-0.4, -0.2) is 55.4 Å². The molecular formula is C17H27N3O3. The van der Waals surface area contributed by atoms with Gasteiger partial charge in [-0.05, 0) is 38.0 Å². The van der Waals surface area contributed by atoms with Crippen LogP contribution in [-0.2, 0) is 6.54 Å². The summed E-state index contributed by atoms with van der Waals surface area (Å²) < 4.78 is 10.9. The maximum Gasteiger partial charge on any atom is 0.194 e. The molecule has 0 radical (unpaired) electrons. The van der Waals surface area contributed by atoms with Gasteiger partial charge in [0.15, 0.2) is 17.5 Å². The molecule has 2 N–H and O–H groups in total. The summed E-state index contributed by atoms with van der Waals surface area (Å²) in [6, 6.07) is 5.86. The standard InChI is InChI=1S/C17H27N3O3/c1-4-18-17(20-9-8-14(21)12-20)19-11-13-6-7-15(22-3)16(10-13)23-5-2/h6-7,10,14,21H,4-5,8-9,11-12H2,1-3H3,(H,18,19)/t14-/m1/s1. The number of aliphatic imine (C=N–C) groups is 1. The molecular weight excluding hydrogens is 294 g/mol. The molecule has 1 saturated heterocycles. The number of benzene rings is 1. The van der Waals surface area contributed by atoms with Crippen molar-refractivity contribution in [1.82, 2.24) is 10.2 Å². The van der Waals surface area contributed by atoms with Crippen molar-refractivity contribution in [3.8, 4) is 11.5 Å². The molecule has 6 nitrogen and oxygen atoms in total. The second kappa shape index (κ2) is 8.62. The fourth-order valence-corrected chi connectivity index (χ4v) is 2.61. The summed E-state index contributed by atoms with van der Waals surface area (Å²) in [5.74, 6) is 2.32. The van der Waals surface area contributed by atoms with Crippen molar-refractivity contribution >= 4 is 5.96 Å². The Morgan fingerprint density at radius 3 is 2.83 bits per heavy atom. The first-order valence-corrected chi connectivity index (χ1v) is 8.19. The molecule has 0 aliphatic carbocycles. The molecule has 0 bridgehead atoms. The molecule has 2 rings (SSSR count). The molecule has 1 aliphatic heterocycles. The van der Waals surface area contributed by atoms with E-state index in [0.29, 0.717) is 19.7 Å². The molecule has 1 atom stereocenters. The molecule has 1 fully saturated rings. The Kier molecular flexibility index (Phi) is 6.52. The van der Waals surface area contributed by atoms with Crippen LogP contribution in [0.2, 0.25) is 0 Å². The molecule has 0 spiro atoms. The van der Waals surface area contributed by atoms with Crippen molar-refractivity contribution in [3.05, 3.63) is 23.8 Å². The average molecular weight is 321 g/mol. The highest BCUT2D eigenvalue weighted by atomic mass is 16.5. The van der Waals surface area contributed by atoms with E-state index in [2.05, 4.69) is 15.2 Å². The van der Waals surface area contributed by atoms with Gasteiger partial charge in [-0.2, -0.15) is 0 Å². The van der Waals surface area contributed by atoms with Crippen LogP contribution in [0, 0.1) is 0 Å². The smallest absolute Gasteiger partial charge is 0.194 e. The number of aliphatic hydroxyl groups excluding tert-OH is 1. The molecule has 0 saturated carbocycles. The number of nitrogens with zero attached hydrogens (tertiary/aromatic N) is 2. The summed E-state index contributed by atoms with van der Waals surface area (Å²) in [5.41, 5.74) is 1.06. The van der Waals surface area contributed by atoms with Crippen LogP contribution < -0.4 is 14.8 Å². The number of β-amino-alcohol motifs (C(OH)–C–C–N with tert-alkyl or cyclic N) is 1. The van der Waals surface area contributed by atoms with Gasteiger partial charge in [-0.3, -0.25) is 0 Å². The van der Waals surface area contributed by atoms with Gasteiger partial charge in [-0.1, -0.05) is 6.07 Å². The van der Waals surface area contributed by atoms with E-state index in [4.69, 9.17) is 9.47 Å². The third-order valence-corrected chi connectivity index (χ3v) is 3.74. The average Bonchev–Trinajstić information content (AvgIpc) is 2.98. The van der Waals surface area contributed by atoms with Gasteiger partial charge in [0.2, 0.25) is 0 Å². The number of hydrogen-bond donors (Lipinski definition) is 2. The maximum absolute atomic E-state index is 9.70. The van der Waals surface area contributed by atoms with Crippen molar-refractivity contribution in [3.63, 3.8) is 0 Å². The molecule has 1 aromatic rings. The van der Waals surface area contributed by atoms with Crippen molar-refractivity contribution in [2.45, 2.75) is 32.9 Å². The predicted octanol–water partition coefficient (Wildman–Crippen LogP) is 1.63. The van der Waals surface area contributed by atoms with E-state index in [-0.39, 0.29) is 6.10 Å². The van der Waals surface area contributed by atoms with Crippen LogP contribution in [0.15, 0.2) is 23.2 Å². The van der Waals surface area contributed by atoms with E-state index >= 15 is 0 Å². The molecule has 6 heteroatoms. The van der Waals surface area contributed by atoms with E-state index in [1.54, 1.807) is 7.11 Å². The quantitative estimate of drug-likeness (QED) is 0.616. The lowest BCUT2D eigenvalue weighted by atomic mass is 10.2. The van der Waals surface area contributed by atoms with Gasteiger partial charge < -0.3 is 24.8 Å². The van der Waals surface area contributed by atoms with Gasteiger partial charge in [-0.25, -0.2) is 4.99 Å². The number of ether oxygens (including phenoxy) is 2. The number of rotatable bonds is 6. The lowest BCUT2D eigenvalue weighted by Crippen LogP contribution is -2.40. The zero-order valence-electron chi connectivity index (χ0n) is 14.2. The Hall–Kier alpha value is -1.95. The molecule has 0 amide bonds. The number of likely N-dealkylation sites (tertiary alicyclic amines) is 1. The number of hydrogen-bond acceptors (Lipinski definition) is 4. The van der Waals surface area contributed by atoms with E-state index in [0.717, 1.165) is 42.5 Å². The third-order valence-electron chi connectivity index (χ3n) is 3.74. The lowest BCUT2D eigenvalue weighted by Gasteiger charge is -2.21. The molecule has 1 aliphatic rings. The van der Waals surface area contributed by atoms with Gasteiger partial charge in [0, 0.05) is 19.6 Å². The fraction of sp³-hybridized carbons (Fsp3) is 0.588. The van der Waals surface area contributed by atoms with Crippen LogP contribution in [0.1, 0.15) is 25.8 Å². The zero-order chi connectivity index (χ0) is 16.7. The van der Waals surface area contributed by atoms with E-state index < -0.39 is 0 Å². The van der Waals surface area contributed by atoms with Crippen molar-refractivity contribution in [1.29, 1.82) is 0 Å². The molecule has 128 valence electrons. The molecule has 1 aromatic carbocycles. The fourth-order valence-electron chi connectivity index (χ4n) is 2.61. The van der Waals surface area contributed by atoms with Gasteiger partial charge in [0.1, 0.15) is 0 Å². The highest BCUT2D eigenvalue weighted by Crippen LogP contribution is 2.28. The van der Waals surface area contributed by atoms with Crippen LogP contribution >= 0.6 is 0 Å². The van der Waals surface area contributed by atoms with Crippen LogP contribution in [0.3, 0.4) is 0 Å². The minimum absolute atomic E-state index is 0.260. The number of nitrogens with one attached hydrogen (secondary N) is 1. The van der Waals surface area contributed by atoms with Crippen LogP contribution in [0.25, 0.3) is 0 Å². The third kappa shape index (κ3) is 4.76. The first-order valence-electron chi connectivity index (χ1n) is 8.19. The largest absolute Gasteiger partial charge is 0.493 e. The van der Waals surface area contributed by atoms with Crippen molar-refractivity contribution in [2.75, 3.05) is 33.4 Å². The minimum atomic E-state index is -0.260. The van der Waals surface area contributed by atoms with E-state index in [9.17, 15) is 5.11 Å². The Morgan fingerprint density at radius 1 is 1.39 bits per heavy atom. The first kappa shape index (κ1) is 17.4. The SMILES string of the molecule is CCNC(=NCc1ccc(OC)c(OCC)c1)N1CC[C@@H](O)C1. The Labute approximate surface area is 138 Å². The summed E-state index contributed by atoms with van der Waals surface area (Å²) in [6.07, 6.45) is 0.533. The highest BCUT2D eigenvalue weighted by Gasteiger charge is 2.22. The van der Waals surface area contributed by atoms with Gasteiger partial charge >= 0.3 is 0 Å². The normalized spacial score (nSPS) is 18.2. The van der Waals surface area contributed by atoms with Gasteiger partial charge in [-0.15, -0.1) is 0 Å². The van der Waals surface area contributed by atoms with E-state index in [1.807, 2.05) is 32.0 Å². The van der Waals surface area contributed by atoms with E-state index in [1.165, 1.54) is 0 Å². The van der Waals surface area contributed by atoms with Gasteiger partial charge in [0.05, 0.1) is 26.4 Å². The highest BCUT2D eigenvalue weighted by molar-refractivity contribution is 5.80. The summed E-state index contributed by atoms with van der Waals surface area (Å²) in [6.45, 7) is 7.42. The zero-order valence-corrected chi connectivity index (χ0v) is 14.2. The van der Waals surface area contributed by atoms with Crippen LogP contribution in [0.4, 0.5) is 0 Å². The predicted molar refractivity (Wildman–Crippen MR) is 91.2 cm³/mol. The number of aliphatic hydroxyl groups is 1. The summed E-state index contributed by atoms with van der Waals surface area (Å²) in [5, 5.41) is 13.0. The van der Waals surface area contributed by atoms with Crippen LogP contribution in [0.5, 0.6) is 11.5 Å². The second-order valence-corrected chi connectivity index (χ2v) is 5.48. The Morgan fingerprint density at radius 2 is 2.22 bits per heavy atom. The molecule has 0 unspecified atom stereocenters. The Balaban J connectivity index is 2.10. The van der Waals surface area contributed by atoms with Gasteiger partial charge in [0.25, 0.3) is 0 Å². The molecule has 1 heterocycles. The van der Waals surface area contributed by atoms with Crippen molar-refractivity contribution < 1.29 is 14.6 Å². The Bertz CT molecular complexity index is 534. The van der Waals surface area contributed by atoms with Crippen molar-refractivity contribution in [2.24, 2.45) is 4.99 Å². The summed E-state index contributed by atoms with van der Waals surface area (Å²) in [4.78, 5) is 6.78. The topological polar surface area (TPSA) is 66.3 Å². The monoisotopic (exact) mass is 321 g/mol. The lowest BCUT2D eigenvalue weighted by molar-refractivity contribution is 0.188. The number of methoxy groups -OCH3 is 1. The second-order valence-electron chi connectivity index (χ2n) is 5.48. The molecule has 23 heavy (non-hydrogen) atoms.